The van der Waals surface area contributed by atoms with Crippen LogP contribution in [-0.2, 0) is 0 Å². The van der Waals surface area contributed by atoms with Gasteiger partial charge in [0.05, 0.1) is 12.1 Å². The molecule has 0 saturated heterocycles. The zero-order valence-electron chi connectivity index (χ0n) is 9.93. The van der Waals surface area contributed by atoms with Gasteiger partial charge in [-0.25, -0.2) is 0 Å². The van der Waals surface area contributed by atoms with E-state index in [1.165, 1.54) is 0 Å². The van der Waals surface area contributed by atoms with Gasteiger partial charge in [-0.3, -0.25) is 4.79 Å². The van der Waals surface area contributed by atoms with Crippen LogP contribution in [0.5, 0.6) is 0 Å². The first kappa shape index (κ1) is 12.1. The Bertz CT molecular complexity index is 364. The first-order chi connectivity index (χ1) is 8.27. The van der Waals surface area contributed by atoms with Gasteiger partial charge in [0.2, 0.25) is 0 Å². The van der Waals surface area contributed by atoms with Crippen molar-refractivity contribution in [3.8, 4) is 0 Å². The van der Waals surface area contributed by atoms with Crippen LogP contribution >= 0.6 is 0 Å². The summed E-state index contributed by atoms with van der Waals surface area (Å²) < 4.78 is 0. The molecule has 2 rings (SSSR count). The topological polar surface area (TPSA) is 49.3 Å². The lowest BCUT2D eigenvalue weighted by Gasteiger charge is -2.21. The van der Waals surface area contributed by atoms with E-state index < -0.39 is 6.10 Å². The number of benzene rings is 1. The van der Waals surface area contributed by atoms with Crippen molar-refractivity contribution in [3.63, 3.8) is 0 Å². The molecule has 2 atom stereocenters. The van der Waals surface area contributed by atoms with Crippen molar-refractivity contribution in [2.75, 3.05) is 0 Å². The van der Waals surface area contributed by atoms with Crippen molar-refractivity contribution in [1.82, 2.24) is 5.32 Å². The summed E-state index contributed by atoms with van der Waals surface area (Å²) in [5.41, 5.74) is 0.656. The second-order valence-electron chi connectivity index (χ2n) is 4.65. The van der Waals surface area contributed by atoms with Crippen molar-refractivity contribution in [2.24, 2.45) is 0 Å². The average molecular weight is 233 g/mol. The van der Waals surface area contributed by atoms with Gasteiger partial charge in [-0.05, 0) is 25.0 Å². The summed E-state index contributed by atoms with van der Waals surface area (Å²) >= 11 is 0. The Balaban J connectivity index is 1.98. The summed E-state index contributed by atoms with van der Waals surface area (Å²) in [5.74, 6) is -0.0865. The molecule has 17 heavy (non-hydrogen) atoms. The van der Waals surface area contributed by atoms with Gasteiger partial charge >= 0.3 is 0 Å². The molecule has 1 amide bonds. The number of carbonyl (C=O) groups excluding carboxylic acids is 1. The maximum absolute atomic E-state index is 11.9. The molecule has 1 aliphatic rings. The number of hydrogen-bond acceptors (Lipinski definition) is 2. The predicted octanol–water partition coefficient (Wildman–Crippen LogP) is 2.11. The SMILES string of the molecule is O=C(NC1CCCCCC1O)c1ccccc1. The number of aliphatic hydroxyl groups excluding tert-OH is 1. The smallest absolute Gasteiger partial charge is 0.251 e. The summed E-state index contributed by atoms with van der Waals surface area (Å²) in [4.78, 5) is 11.9. The maximum Gasteiger partial charge on any atom is 0.251 e. The Morgan fingerprint density at radius 2 is 1.82 bits per heavy atom. The fourth-order valence-corrected chi connectivity index (χ4v) is 2.30. The second-order valence-corrected chi connectivity index (χ2v) is 4.65. The molecule has 0 aromatic heterocycles. The highest BCUT2D eigenvalue weighted by atomic mass is 16.3. The Kier molecular flexibility index (Phi) is 4.15. The van der Waals surface area contributed by atoms with Crippen LogP contribution in [0.4, 0.5) is 0 Å². The molecule has 0 aliphatic heterocycles. The molecule has 0 radical (unpaired) electrons. The van der Waals surface area contributed by atoms with E-state index in [2.05, 4.69) is 5.32 Å². The molecule has 1 aliphatic carbocycles. The van der Waals surface area contributed by atoms with Crippen LogP contribution in [0, 0.1) is 0 Å². The third kappa shape index (κ3) is 3.30. The standard InChI is InChI=1S/C14H19NO2/c16-13-10-6-2-5-9-12(13)15-14(17)11-7-3-1-4-8-11/h1,3-4,7-8,12-13,16H,2,5-6,9-10H2,(H,15,17). The number of amides is 1. The molecule has 92 valence electrons. The lowest BCUT2D eigenvalue weighted by Crippen LogP contribution is -2.42. The lowest BCUT2D eigenvalue weighted by atomic mass is 10.1. The van der Waals surface area contributed by atoms with Crippen molar-refractivity contribution < 1.29 is 9.90 Å². The molecule has 3 nitrogen and oxygen atoms in total. The minimum atomic E-state index is -0.398. The Labute approximate surface area is 102 Å². The zero-order chi connectivity index (χ0) is 12.1. The van der Waals surface area contributed by atoms with Crippen LogP contribution in [-0.4, -0.2) is 23.2 Å². The second kappa shape index (κ2) is 5.82. The molecular weight excluding hydrogens is 214 g/mol. The van der Waals surface area contributed by atoms with Gasteiger partial charge in [-0.15, -0.1) is 0 Å². The van der Waals surface area contributed by atoms with Gasteiger partial charge < -0.3 is 10.4 Å². The number of nitrogens with one attached hydrogen (secondary N) is 1. The van der Waals surface area contributed by atoms with Gasteiger partial charge in [0.1, 0.15) is 0 Å². The zero-order valence-corrected chi connectivity index (χ0v) is 9.93. The van der Waals surface area contributed by atoms with E-state index in [1.54, 1.807) is 12.1 Å². The van der Waals surface area contributed by atoms with Crippen molar-refractivity contribution in [2.45, 2.75) is 44.2 Å². The third-order valence-electron chi connectivity index (χ3n) is 3.33. The van der Waals surface area contributed by atoms with E-state index >= 15 is 0 Å². The average Bonchev–Trinajstić information content (AvgIpc) is 2.56. The quantitative estimate of drug-likeness (QED) is 0.769. The molecule has 0 spiro atoms. The van der Waals surface area contributed by atoms with Crippen LogP contribution < -0.4 is 5.32 Å². The van der Waals surface area contributed by atoms with Crippen LogP contribution in [0.15, 0.2) is 30.3 Å². The highest BCUT2D eigenvalue weighted by molar-refractivity contribution is 5.94. The van der Waals surface area contributed by atoms with E-state index in [9.17, 15) is 9.90 Å². The molecule has 2 N–H and O–H groups in total. The van der Waals surface area contributed by atoms with E-state index in [4.69, 9.17) is 0 Å². The van der Waals surface area contributed by atoms with Gasteiger partial charge in [0.25, 0.3) is 5.91 Å². The molecule has 0 bridgehead atoms. The summed E-state index contributed by atoms with van der Waals surface area (Å²) in [6.07, 6.45) is 4.55. The Morgan fingerprint density at radius 1 is 1.12 bits per heavy atom. The molecular formula is C14H19NO2. The first-order valence-corrected chi connectivity index (χ1v) is 6.31. The number of rotatable bonds is 2. The monoisotopic (exact) mass is 233 g/mol. The lowest BCUT2D eigenvalue weighted by molar-refractivity contribution is 0.0819. The number of aliphatic hydroxyl groups is 1. The number of carbonyl (C=O) groups is 1. The van der Waals surface area contributed by atoms with E-state index in [1.807, 2.05) is 18.2 Å². The van der Waals surface area contributed by atoms with Gasteiger partial charge in [-0.1, -0.05) is 37.5 Å². The largest absolute Gasteiger partial charge is 0.391 e. The number of hydrogen-bond donors (Lipinski definition) is 2. The fraction of sp³-hybridized carbons (Fsp3) is 0.500. The molecule has 2 unspecified atom stereocenters. The first-order valence-electron chi connectivity index (χ1n) is 6.31. The van der Waals surface area contributed by atoms with Crippen LogP contribution in [0.2, 0.25) is 0 Å². The van der Waals surface area contributed by atoms with Gasteiger partial charge in [0, 0.05) is 5.56 Å². The Morgan fingerprint density at radius 3 is 2.59 bits per heavy atom. The molecule has 0 heterocycles. The summed E-state index contributed by atoms with van der Waals surface area (Å²) in [6.45, 7) is 0. The van der Waals surface area contributed by atoms with E-state index in [0.717, 1.165) is 32.1 Å². The predicted molar refractivity (Wildman–Crippen MR) is 66.8 cm³/mol. The highest BCUT2D eigenvalue weighted by Crippen LogP contribution is 2.18. The van der Waals surface area contributed by atoms with Crippen molar-refractivity contribution in [3.05, 3.63) is 35.9 Å². The Hall–Kier alpha value is -1.35. The summed E-state index contributed by atoms with van der Waals surface area (Å²) in [7, 11) is 0. The third-order valence-corrected chi connectivity index (χ3v) is 3.33. The summed E-state index contributed by atoms with van der Waals surface area (Å²) in [6, 6.07) is 9.07. The van der Waals surface area contributed by atoms with Gasteiger partial charge in [0.15, 0.2) is 0 Å². The molecule has 1 aromatic carbocycles. The maximum atomic E-state index is 11.9. The van der Waals surface area contributed by atoms with E-state index in [0.29, 0.717) is 5.56 Å². The fourth-order valence-electron chi connectivity index (χ4n) is 2.30. The minimum Gasteiger partial charge on any atom is -0.391 e. The molecule has 3 heteroatoms. The molecule has 1 fully saturated rings. The normalized spacial score (nSPS) is 25.0. The van der Waals surface area contributed by atoms with Crippen molar-refractivity contribution >= 4 is 5.91 Å². The van der Waals surface area contributed by atoms with Crippen molar-refractivity contribution in [1.29, 1.82) is 0 Å². The minimum absolute atomic E-state index is 0.0865. The molecule has 1 aromatic rings. The highest BCUT2D eigenvalue weighted by Gasteiger charge is 2.23. The van der Waals surface area contributed by atoms with E-state index in [-0.39, 0.29) is 11.9 Å². The summed E-state index contributed by atoms with van der Waals surface area (Å²) in [5, 5.41) is 12.9. The molecule has 1 saturated carbocycles. The van der Waals surface area contributed by atoms with Crippen LogP contribution in [0.1, 0.15) is 42.5 Å². The van der Waals surface area contributed by atoms with Crippen LogP contribution in [0.25, 0.3) is 0 Å². The van der Waals surface area contributed by atoms with Gasteiger partial charge in [-0.2, -0.15) is 0 Å². The van der Waals surface area contributed by atoms with Crippen LogP contribution in [0.3, 0.4) is 0 Å².